The first-order valence-electron chi connectivity index (χ1n) is 8.46. The average molecular weight is 317 g/mol. The Morgan fingerprint density at radius 1 is 1.17 bits per heavy atom. The van der Waals surface area contributed by atoms with Gasteiger partial charge in [-0.3, -0.25) is 4.79 Å². The molecule has 2 N–H and O–H groups in total. The topological polar surface area (TPSA) is 67.8 Å². The van der Waals surface area contributed by atoms with Crippen molar-refractivity contribution >= 4 is 5.91 Å². The fraction of sp³-hybridized carbons (Fsp3) is 0.611. The lowest BCUT2D eigenvalue weighted by Crippen LogP contribution is -2.67. The van der Waals surface area contributed by atoms with E-state index in [1.54, 1.807) is 0 Å². The fourth-order valence-electron chi connectivity index (χ4n) is 3.89. The van der Waals surface area contributed by atoms with Crippen LogP contribution in [-0.2, 0) is 9.53 Å². The van der Waals surface area contributed by atoms with E-state index in [0.717, 1.165) is 31.4 Å². The summed E-state index contributed by atoms with van der Waals surface area (Å²) in [5, 5.41) is 13.4. The fourth-order valence-corrected chi connectivity index (χ4v) is 3.89. The molecular formula is C18H23NO4. The molecule has 3 fully saturated rings. The highest BCUT2D eigenvalue weighted by molar-refractivity contribution is 5.89. The molecule has 1 spiro atoms. The molecule has 2 saturated carbocycles. The van der Waals surface area contributed by atoms with Crippen LogP contribution < -0.4 is 10.1 Å². The van der Waals surface area contributed by atoms with Crippen LogP contribution in [0.2, 0.25) is 0 Å². The first-order valence-corrected chi connectivity index (χ1v) is 8.46. The van der Waals surface area contributed by atoms with Gasteiger partial charge in [0.2, 0.25) is 0 Å². The Balaban J connectivity index is 1.42. The van der Waals surface area contributed by atoms with E-state index >= 15 is 0 Å². The zero-order chi connectivity index (χ0) is 15.9. The summed E-state index contributed by atoms with van der Waals surface area (Å²) < 4.78 is 11.4. The molecular weight excluding hydrogens is 294 g/mol. The first kappa shape index (κ1) is 15.0. The zero-order valence-electron chi connectivity index (χ0n) is 13.2. The molecule has 1 saturated heterocycles. The van der Waals surface area contributed by atoms with Crippen LogP contribution in [0.5, 0.6) is 5.75 Å². The second-order valence-corrected chi connectivity index (χ2v) is 7.03. The summed E-state index contributed by atoms with van der Waals surface area (Å²) in [5.41, 5.74) is -0.912. The summed E-state index contributed by atoms with van der Waals surface area (Å²) in [5.74, 6) is 0.693. The third-order valence-corrected chi connectivity index (χ3v) is 5.72. The van der Waals surface area contributed by atoms with Crippen LogP contribution >= 0.6 is 0 Å². The Morgan fingerprint density at radius 2 is 1.87 bits per heavy atom. The molecule has 0 radical (unpaired) electrons. The third-order valence-electron chi connectivity index (χ3n) is 5.72. The van der Waals surface area contributed by atoms with Gasteiger partial charge >= 0.3 is 0 Å². The molecule has 1 aromatic rings. The Kier molecular flexibility index (Phi) is 3.58. The molecule has 3 aliphatic rings. The van der Waals surface area contributed by atoms with Crippen molar-refractivity contribution < 1.29 is 19.4 Å². The van der Waals surface area contributed by atoms with Crippen molar-refractivity contribution in [3.8, 4) is 5.75 Å². The van der Waals surface area contributed by atoms with E-state index in [1.807, 2.05) is 30.3 Å². The third kappa shape index (κ3) is 2.52. The molecule has 2 atom stereocenters. The van der Waals surface area contributed by atoms with E-state index in [2.05, 4.69) is 5.32 Å². The van der Waals surface area contributed by atoms with E-state index < -0.39 is 5.60 Å². The summed E-state index contributed by atoms with van der Waals surface area (Å²) in [7, 11) is 0. The van der Waals surface area contributed by atoms with Gasteiger partial charge in [0.25, 0.3) is 5.91 Å². The van der Waals surface area contributed by atoms with E-state index in [0.29, 0.717) is 19.6 Å². The average Bonchev–Trinajstić information content (AvgIpc) is 3.37. The summed E-state index contributed by atoms with van der Waals surface area (Å²) in [6, 6.07) is 9.52. The Bertz CT molecular complexity index is 578. The maximum absolute atomic E-state index is 12.7. The highest BCUT2D eigenvalue weighted by Crippen LogP contribution is 2.50. The molecule has 0 unspecified atom stereocenters. The van der Waals surface area contributed by atoms with Crippen LogP contribution in [0.3, 0.4) is 0 Å². The number of ether oxygens (including phenoxy) is 2. The molecule has 1 heterocycles. The molecule has 4 rings (SSSR count). The van der Waals surface area contributed by atoms with Crippen molar-refractivity contribution in [1.29, 1.82) is 0 Å². The van der Waals surface area contributed by atoms with Gasteiger partial charge in [-0.2, -0.15) is 0 Å². The van der Waals surface area contributed by atoms with Gasteiger partial charge in [-0.25, -0.2) is 0 Å². The second kappa shape index (κ2) is 5.49. The van der Waals surface area contributed by atoms with E-state index in [9.17, 15) is 9.90 Å². The maximum atomic E-state index is 12.7. The standard InChI is InChI=1S/C18H23NO4/c20-15-12-14(17(15)8-10-22-11-9-17)19-16(21)18(6-7-18)23-13-4-2-1-3-5-13/h1-5,14-15,20H,6-12H2,(H,19,21)/t14-,15-/m1/s1. The highest BCUT2D eigenvalue weighted by Gasteiger charge is 2.59. The Labute approximate surface area is 136 Å². The lowest BCUT2D eigenvalue weighted by atomic mass is 9.58. The second-order valence-electron chi connectivity index (χ2n) is 7.03. The van der Waals surface area contributed by atoms with E-state index in [-0.39, 0.29) is 23.5 Å². The molecule has 2 aliphatic carbocycles. The molecule has 1 aromatic carbocycles. The lowest BCUT2D eigenvalue weighted by Gasteiger charge is -2.55. The number of rotatable bonds is 4. The molecule has 5 heteroatoms. The van der Waals surface area contributed by atoms with Crippen molar-refractivity contribution in [1.82, 2.24) is 5.32 Å². The number of amides is 1. The minimum atomic E-state index is -0.714. The molecule has 1 amide bonds. The minimum absolute atomic E-state index is 0.0331. The number of nitrogens with one attached hydrogen (secondary N) is 1. The largest absolute Gasteiger partial charge is 0.477 e. The first-order chi connectivity index (χ1) is 11.1. The molecule has 0 bridgehead atoms. The van der Waals surface area contributed by atoms with Crippen molar-refractivity contribution in [2.45, 2.75) is 49.9 Å². The van der Waals surface area contributed by atoms with Gasteiger partial charge < -0.3 is 19.9 Å². The number of aliphatic hydroxyl groups is 1. The van der Waals surface area contributed by atoms with Crippen LogP contribution in [0.25, 0.3) is 0 Å². The van der Waals surface area contributed by atoms with Gasteiger partial charge in [0, 0.05) is 37.5 Å². The van der Waals surface area contributed by atoms with Crippen molar-refractivity contribution in [2.75, 3.05) is 13.2 Å². The van der Waals surface area contributed by atoms with Gasteiger partial charge in [0.15, 0.2) is 5.60 Å². The SMILES string of the molecule is O=C(N[C@@H]1C[C@@H](O)C12CCOCC2)C1(Oc2ccccc2)CC1. The molecule has 0 aromatic heterocycles. The summed E-state index contributed by atoms with van der Waals surface area (Å²) in [6.07, 6.45) is 3.42. The number of benzene rings is 1. The summed E-state index contributed by atoms with van der Waals surface area (Å²) in [4.78, 5) is 12.7. The predicted octanol–water partition coefficient (Wildman–Crippen LogP) is 1.64. The molecule has 1 aliphatic heterocycles. The van der Waals surface area contributed by atoms with Gasteiger partial charge in [-0.15, -0.1) is 0 Å². The van der Waals surface area contributed by atoms with Crippen LogP contribution in [0.1, 0.15) is 32.1 Å². The summed E-state index contributed by atoms with van der Waals surface area (Å²) in [6.45, 7) is 1.32. The van der Waals surface area contributed by atoms with Crippen LogP contribution in [0.4, 0.5) is 0 Å². The van der Waals surface area contributed by atoms with E-state index in [1.165, 1.54) is 0 Å². The van der Waals surface area contributed by atoms with Gasteiger partial charge in [0.1, 0.15) is 5.75 Å². The Hall–Kier alpha value is -1.59. The number of hydrogen-bond donors (Lipinski definition) is 2. The number of aliphatic hydroxyl groups excluding tert-OH is 1. The van der Waals surface area contributed by atoms with Crippen LogP contribution in [0, 0.1) is 5.41 Å². The van der Waals surface area contributed by atoms with Crippen molar-refractivity contribution in [2.24, 2.45) is 5.41 Å². The number of carbonyl (C=O) groups excluding carboxylic acids is 1. The molecule has 124 valence electrons. The lowest BCUT2D eigenvalue weighted by molar-refractivity contribution is -0.159. The normalized spacial score (nSPS) is 30.3. The smallest absolute Gasteiger partial charge is 0.264 e. The number of hydrogen-bond acceptors (Lipinski definition) is 4. The van der Waals surface area contributed by atoms with Gasteiger partial charge in [0.05, 0.1) is 6.10 Å². The number of para-hydroxylation sites is 1. The zero-order valence-corrected chi connectivity index (χ0v) is 13.2. The minimum Gasteiger partial charge on any atom is -0.477 e. The summed E-state index contributed by atoms with van der Waals surface area (Å²) >= 11 is 0. The maximum Gasteiger partial charge on any atom is 0.264 e. The Morgan fingerprint density at radius 3 is 2.48 bits per heavy atom. The quantitative estimate of drug-likeness (QED) is 0.886. The molecule has 5 nitrogen and oxygen atoms in total. The van der Waals surface area contributed by atoms with Gasteiger partial charge in [-0.1, -0.05) is 18.2 Å². The monoisotopic (exact) mass is 317 g/mol. The van der Waals surface area contributed by atoms with Gasteiger partial charge in [-0.05, 0) is 31.4 Å². The predicted molar refractivity (Wildman–Crippen MR) is 84.1 cm³/mol. The van der Waals surface area contributed by atoms with Crippen molar-refractivity contribution in [3.05, 3.63) is 30.3 Å². The van der Waals surface area contributed by atoms with E-state index in [4.69, 9.17) is 9.47 Å². The van der Waals surface area contributed by atoms with Crippen molar-refractivity contribution in [3.63, 3.8) is 0 Å². The highest BCUT2D eigenvalue weighted by atomic mass is 16.5. The van der Waals surface area contributed by atoms with Crippen LogP contribution in [0.15, 0.2) is 30.3 Å². The molecule has 23 heavy (non-hydrogen) atoms. The van der Waals surface area contributed by atoms with Crippen LogP contribution in [-0.4, -0.2) is 42.0 Å². The number of carbonyl (C=O) groups is 1.